The van der Waals surface area contributed by atoms with Gasteiger partial charge in [-0.2, -0.15) is 0 Å². The molecular formula is C53H58O9Si. The van der Waals surface area contributed by atoms with Gasteiger partial charge in [0.15, 0.2) is 12.4 Å². The van der Waals surface area contributed by atoms with Crippen molar-refractivity contribution in [2.24, 2.45) is 0 Å². The van der Waals surface area contributed by atoms with Crippen LogP contribution in [0.3, 0.4) is 0 Å². The molecule has 1 aliphatic rings. The summed E-state index contributed by atoms with van der Waals surface area (Å²) in [4.78, 5) is 0. The minimum Gasteiger partial charge on any atom is -0.488 e. The van der Waals surface area contributed by atoms with Gasteiger partial charge < -0.3 is 42.7 Å². The van der Waals surface area contributed by atoms with E-state index in [-0.39, 0.29) is 31.7 Å². The Bertz CT molecular complexity index is 2390. The molecule has 7 rings (SSSR count). The van der Waals surface area contributed by atoms with Crippen LogP contribution in [-0.4, -0.2) is 55.3 Å². The summed E-state index contributed by atoms with van der Waals surface area (Å²) in [6.07, 6.45) is 1.74. The van der Waals surface area contributed by atoms with Gasteiger partial charge in [0.1, 0.15) is 30.5 Å². The second-order valence-electron chi connectivity index (χ2n) is 16.4. The van der Waals surface area contributed by atoms with Crippen LogP contribution in [0.5, 0.6) is 17.2 Å². The molecule has 1 N–H and O–H groups in total. The third-order valence-electron chi connectivity index (χ3n) is 11.9. The van der Waals surface area contributed by atoms with Crippen molar-refractivity contribution in [1.29, 1.82) is 0 Å². The lowest BCUT2D eigenvalue weighted by molar-refractivity contribution is -0.327. The van der Waals surface area contributed by atoms with E-state index >= 15 is 0 Å². The molecule has 0 unspecified atom stereocenters. The van der Waals surface area contributed by atoms with Crippen LogP contribution in [0.4, 0.5) is 0 Å². The molecule has 0 fully saturated rings. The standard InChI is InChI=1S/C53H58O9Si/c1-51(2,3)63(43-25-16-10-17-26-43,44-27-18-11-19-28-44)62-37-41-33-42(61-38-55-4)34-48(60-36-40-23-14-9-15-24-40)49(41)45(31-32-54)52(56-5)46-29-20-30-47(50(46)53(52,57-6)58-7)59-35-39-21-12-8-13-22-39/h8-31,33-34,54H,32,35-38H2,1-7H3/b45-31+/t52-/m0/s1. The lowest BCUT2D eigenvalue weighted by atomic mass is 9.61. The Morgan fingerprint density at radius 1 is 0.603 bits per heavy atom. The van der Waals surface area contributed by atoms with E-state index in [1.54, 1.807) is 34.5 Å². The summed E-state index contributed by atoms with van der Waals surface area (Å²) in [5.74, 6) is 0.00406. The maximum absolute atomic E-state index is 11.1. The van der Waals surface area contributed by atoms with Crippen molar-refractivity contribution in [3.8, 4) is 17.2 Å². The van der Waals surface area contributed by atoms with E-state index in [0.717, 1.165) is 32.6 Å². The molecule has 10 heteroatoms. The highest BCUT2D eigenvalue weighted by molar-refractivity contribution is 6.99. The summed E-state index contributed by atoms with van der Waals surface area (Å²) < 4.78 is 52.4. The number of fused-ring (bicyclic) bond motifs is 1. The number of aliphatic hydroxyl groups excluding tert-OH is 1. The maximum Gasteiger partial charge on any atom is 0.261 e. The molecule has 0 saturated heterocycles. The lowest BCUT2D eigenvalue weighted by Crippen LogP contribution is -2.66. The molecule has 0 aromatic heterocycles. The minimum absolute atomic E-state index is 0.00339. The summed E-state index contributed by atoms with van der Waals surface area (Å²) in [7, 11) is 3.28. The zero-order valence-corrected chi connectivity index (χ0v) is 38.3. The predicted molar refractivity (Wildman–Crippen MR) is 249 cm³/mol. The van der Waals surface area contributed by atoms with Crippen molar-refractivity contribution in [1.82, 2.24) is 0 Å². The average molecular weight is 867 g/mol. The largest absolute Gasteiger partial charge is 0.488 e. The van der Waals surface area contributed by atoms with Gasteiger partial charge >= 0.3 is 0 Å². The number of ether oxygens (including phenoxy) is 7. The van der Waals surface area contributed by atoms with Gasteiger partial charge in [-0.1, -0.05) is 160 Å². The van der Waals surface area contributed by atoms with Crippen molar-refractivity contribution in [3.05, 3.63) is 191 Å². The van der Waals surface area contributed by atoms with E-state index in [4.69, 9.17) is 37.6 Å². The van der Waals surface area contributed by atoms with Crippen LogP contribution in [0.2, 0.25) is 5.04 Å². The molecule has 63 heavy (non-hydrogen) atoms. The van der Waals surface area contributed by atoms with Gasteiger partial charge in [0.25, 0.3) is 8.32 Å². The second-order valence-corrected chi connectivity index (χ2v) is 20.7. The molecule has 0 radical (unpaired) electrons. The topological polar surface area (TPSA) is 94.1 Å². The van der Waals surface area contributed by atoms with Crippen molar-refractivity contribution in [2.75, 3.05) is 41.8 Å². The SMILES string of the molecule is COCOc1cc(CO[Si](c2ccccc2)(c2ccccc2)C(C)(C)C)c(/C(=C\CO)[C@]2(OC)c3cccc(OCc4ccccc4)c3C2(OC)OC)c(OCc2ccccc2)c1. The van der Waals surface area contributed by atoms with Crippen LogP contribution >= 0.6 is 0 Å². The van der Waals surface area contributed by atoms with Gasteiger partial charge in [-0.3, -0.25) is 0 Å². The van der Waals surface area contributed by atoms with Gasteiger partial charge in [-0.05, 0) is 44.2 Å². The first-order valence-electron chi connectivity index (χ1n) is 21.1. The summed E-state index contributed by atoms with van der Waals surface area (Å²) in [5.41, 5.74) is 3.82. The van der Waals surface area contributed by atoms with Crippen LogP contribution in [0.25, 0.3) is 5.57 Å². The van der Waals surface area contributed by atoms with E-state index in [1.807, 2.05) is 103 Å². The molecule has 328 valence electrons. The molecule has 0 spiro atoms. The fourth-order valence-electron chi connectivity index (χ4n) is 9.15. The van der Waals surface area contributed by atoms with E-state index in [9.17, 15) is 5.11 Å². The lowest BCUT2D eigenvalue weighted by Gasteiger charge is -2.58. The molecule has 0 saturated carbocycles. The Kier molecular flexibility index (Phi) is 14.3. The molecule has 1 atom stereocenters. The number of aliphatic hydroxyl groups is 1. The highest BCUT2D eigenvalue weighted by atomic mass is 28.4. The molecule has 6 aromatic rings. The predicted octanol–water partition coefficient (Wildman–Crippen LogP) is 9.28. The first-order chi connectivity index (χ1) is 30.6. The summed E-state index contributed by atoms with van der Waals surface area (Å²) in [6.45, 7) is 7.08. The van der Waals surface area contributed by atoms with E-state index in [0.29, 0.717) is 40.6 Å². The zero-order valence-electron chi connectivity index (χ0n) is 37.3. The van der Waals surface area contributed by atoms with Gasteiger partial charge in [0.05, 0.1) is 18.8 Å². The number of rotatable bonds is 20. The summed E-state index contributed by atoms with van der Waals surface area (Å²) in [5, 5.41) is 13.0. The maximum atomic E-state index is 11.1. The first-order valence-corrected chi connectivity index (χ1v) is 23.0. The second kappa shape index (κ2) is 19.9. The van der Waals surface area contributed by atoms with Crippen molar-refractivity contribution < 1.29 is 42.7 Å². The van der Waals surface area contributed by atoms with Gasteiger partial charge in [-0.25, -0.2) is 0 Å². The third kappa shape index (κ3) is 8.48. The molecule has 0 aliphatic heterocycles. The molecule has 0 heterocycles. The van der Waals surface area contributed by atoms with Crippen molar-refractivity contribution >= 4 is 24.3 Å². The molecule has 9 nitrogen and oxygen atoms in total. The quantitative estimate of drug-likeness (QED) is 0.0596. The average Bonchev–Trinajstić information content (AvgIpc) is 3.31. The van der Waals surface area contributed by atoms with Crippen molar-refractivity contribution in [3.63, 3.8) is 0 Å². The van der Waals surface area contributed by atoms with E-state index in [1.165, 1.54) is 0 Å². The Morgan fingerprint density at radius 2 is 1.14 bits per heavy atom. The molecule has 1 aliphatic carbocycles. The van der Waals surface area contributed by atoms with Crippen LogP contribution < -0.4 is 24.6 Å². The molecular weight excluding hydrogens is 809 g/mol. The monoisotopic (exact) mass is 866 g/mol. The summed E-state index contributed by atoms with van der Waals surface area (Å²) >= 11 is 0. The molecule has 0 bridgehead atoms. The van der Waals surface area contributed by atoms with Crippen molar-refractivity contribution in [2.45, 2.75) is 57.0 Å². The molecule has 6 aromatic carbocycles. The normalized spacial score (nSPS) is 15.9. The van der Waals surface area contributed by atoms with Gasteiger partial charge in [0, 0.05) is 51.2 Å². The number of hydrogen-bond donors (Lipinski definition) is 1. The molecule has 0 amide bonds. The summed E-state index contributed by atoms with van der Waals surface area (Å²) in [6, 6.07) is 50.6. The van der Waals surface area contributed by atoms with Crippen LogP contribution in [0, 0.1) is 0 Å². The smallest absolute Gasteiger partial charge is 0.261 e. The zero-order chi connectivity index (χ0) is 44.5. The Labute approximate surface area is 372 Å². The Morgan fingerprint density at radius 3 is 1.63 bits per heavy atom. The highest BCUT2D eigenvalue weighted by Gasteiger charge is 2.70. The fourth-order valence-corrected chi connectivity index (χ4v) is 13.7. The van der Waals surface area contributed by atoms with Gasteiger partial charge in [-0.15, -0.1) is 0 Å². The first kappa shape index (κ1) is 45.5. The van der Waals surface area contributed by atoms with Gasteiger partial charge in [0.2, 0.25) is 5.79 Å². The third-order valence-corrected chi connectivity index (χ3v) is 16.8. The fraction of sp³-hybridized carbons (Fsp3) is 0.283. The highest BCUT2D eigenvalue weighted by Crippen LogP contribution is 2.66. The Balaban J connectivity index is 1.47. The van der Waals surface area contributed by atoms with E-state index in [2.05, 4.69) is 69.3 Å². The van der Waals surface area contributed by atoms with E-state index < -0.39 is 19.7 Å². The van der Waals surface area contributed by atoms with Crippen LogP contribution in [0.15, 0.2) is 158 Å². The van der Waals surface area contributed by atoms with Crippen LogP contribution in [0.1, 0.15) is 54.2 Å². The number of methoxy groups -OCH3 is 4. The number of hydrogen-bond acceptors (Lipinski definition) is 9. The minimum atomic E-state index is -3.10. The number of benzene rings is 6. The van der Waals surface area contributed by atoms with Crippen LogP contribution in [-0.2, 0) is 54.6 Å². The Hall–Kier alpha value is -5.56.